The van der Waals surface area contributed by atoms with Gasteiger partial charge in [0.05, 0.1) is 12.8 Å². The lowest BCUT2D eigenvalue weighted by Crippen LogP contribution is -2.48. The first-order valence-electron chi connectivity index (χ1n) is 8.20. The number of carbonyl (C=O) groups excluding carboxylic acids is 1. The number of hydrogen-bond donors (Lipinski definition) is 1. The fourth-order valence-corrected chi connectivity index (χ4v) is 2.77. The van der Waals surface area contributed by atoms with Crippen LogP contribution in [0.4, 0.5) is 16.4 Å². The summed E-state index contributed by atoms with van der Waals surface area (Å²) >= 11 is 0. The second-order valence-corrected chi connectivity index (χ2v) is 6.96. The summed E-state index contributed by atoms with van der Waals surface area (Å²) in [5.74, 6) is 2.65. The van der Waals surface area contributed by atoms with Crippen LogP contribution in [0.1, 0.15) is 12.7 Å². The minimum atomic E-state index is -4.50. The third-order valence-corrected chi connectivity index (χ3v) is 4.32. The van der Waals surface area contributed by atoms with Gasteiger partial charge in [0.15, 0.2) is 0 Å². The molecule has 11 nitrogen and oxygen atoms in total. The molecule has 1 unspecified atom stereocenters. The number of amides is 2. The minimum absolute atomic E-state index is 0.0179. The van der Waals surface area contributed by atoms with Crippen molar-refractivity contribution in [3.8, 4) is 18.0 Å². The van der Waals surface area contributed by atoms with Gasteiger partial charge in [-0.05, 0) is 31.9 Å². The van der Waals surface area contributed by atoms with Crippen molar-refractivity contribution in [2.75, 3.05) is 23.4 Å². The van der Waals surface area contributed by atoms with Gasteiger partial charge in [-0.2, -0.15) is 32.6 Å². The summed E-state index contributed by atoms with van der Waals surface area (Å²) in [4.78, 5) is 25.9. The number of urea groups is 1. The Morgan fingerprint density at radius 2 is 1.83 bits per heavy atom. The van der Waals surface area contributed by atoms with E-state index in [2.05, 4.69) is 26.9 Å². The number of carbonyl (C=O) groups is 1. The van der Waals surface area contributed by atoms with Crippen LogP contribution < -0.4 is 19.1 Å². The Labute approximate surface area is 168 Å². The molecule has 2 amide bonds. The van der Waals surface area contributed by atoms with Crippen LogP contribution >= 0.6 is 0 Å². The van der Waals surface area contributed by atoms with Crippen molar-refractivity contribution in [1.29, 1.82) is 0 Å². The fraction of sp³-hybridized carbons (Fsp3) is 0.294. The Hall–Kier alpha value is -3.27. The molecular weight excluding hydrogens is 400 g/mol. The average molecular weight is 420 g/mol. The van der Waals surface area contributed by atoms with Crippen molar-refractivity contribution >= 4 is 27.9 Å². The molecule has 0 spiro atoms. The van der Waals surface area contributed by atoms with E-state index in [9.17, 15) is 13.2 Å². The summed E-state index contributed by atoms with van der Waals surface area (Å²) in [6.45, 7) is 3.19. The molecule has 29 heavy (non-hydrogen) atoms. The number of anilines is 2. The Balaban J connectivity index is 2.64. The van der Waals surface area contributed by atoms with Crippen molar-refractivity contribution in [2.24, 2.45) is 5.14 Å². The molecule has 0 fully saturated rings. The number of aryl methyl sites for hydroxylation is 1. The van der Waals surface area contributed by atoms with Gasteiger partial charge in [-0.25, -0.2) is 9.93 Å². The molecule has 1 aromatic heterocycles. The highest BCUT2D eigenvalue weighted by atomic mass is 32.2. The second-order valence-electron chi connectivity index (χ2n) is 5.57. The van der Waals surface area contributed by atoms with E-state index in [4.69, 9.17) is 14.6 Å². The van der Waals surface area contributed by atoms with Crippen LogP contribution in [-0.4, -0.2) is 49.7 Å². The Bertz CT molecular complexity index is 1040. The van der Waals surface area contributed by atoms with Crippen molar-refractivity contribution in [1.82, 2.24) is 15.0 Å². The molecule has 1 aromatic carbocycles. The maximum atomic E-state index is 13.2. The Kier molecular flexibility index (Phi) is 7.05. The molecule has 0 saturated carbocycles. The minimum Gasteiger partial charge on any atom is -0.467 e. The third-order valence-electron chi connectivity index (χ3n) is 3.44. The molecule has 0 aliphatic rings. The largest absolute Gasteiger partial charge is 0.467 e. The lowest BCUT2D eigenvalue weighted by atomic mass is 10.3. The van der Waals surface area contributed by atoms with Gasteiger partial charge >= 0.3 is 22.3 Å². The zero-order valence-corrected chi connectivity index (χ0v) is 17.0. The molecule has 1 atom stereocenters. The third kappa shape index (κ3) is 5.61. The zero-order chi connectivity index (χ0) is 21.6. The lowest BCUT2D eigenvalue weighted by Gasteiger charge is -2.24. The molecule has 0 bridgehead atoms. The van der Waals surface area contributed by atoms with E-state index >= 15 is 0 Å². The average Bonchev–Trinajstić information content (AvgIpc) is 2.67. The molecule has 0 radical (unpaired) electrons. The maximum Gasteiger partial charge on any atom is 0.358 e. The van der Waals surface area contributed by atoms with E-state index in [1.54, 1.807) is 32.0 Å². The number of ether oxygens (including phenoxy) is 2. The van der Waals surface area contributed by atoms with Gasteiger partial charge in [0.1, 0.15) is 11.9 Å². The summed E-state index contributed by atoms with van der Waals surface area (Å²) in [7, 11) is -1.73. The first kappa shape index (κ1) is 22.0. The highest BCUT2D eigenvalue weighted by molar-refractivity contribution is 7.91. The highest BCUT2D eigenvalue weighted by Gasteiger charge is 2.32. The van der Waals surface area contributed by atoms with Crippen LogP contribution in [0.25, 0.3) is 0 Å². The summed E-state index contributed by atoms with van der Waals surface area (Å²) < 4.78 is 34.8. The number of rotatable bonds is 5. The van der Waals surface area contributed by atoms with E-state index in [1.165, 1.54) is 26.4 Å². The van der Waals surface area contributed by atoms with Crippen molar-refractivity contribution in [3.63, 3.8) is 0 Å². The molecular formula is C17H20N6O5S. The number of nitrogens with two attached hydrogens (primary N) is 1. The molecule has 0 aliphatic heterocycles. The first-order chi connectivity index (χ1) is 13.7. The summed E-state index contributed by atoms with van der Waals surface area (Å²) in [5.41, 5.74) is 0.0179. The number of nitrogens with zero attached hydrogens (tertiary/aromatic N) is 5. The van der Waals surface area contributed by atoms with E-state index in [0.29, 0.717) is 4.31 Å². The van der Waals surface area contributed by atoms with Gasteiger partial charge in [0.25, 0.3) is 5.95 Å². The SMILES string of the molecule is COc1nc(C)nc(N(C#CC(C)OC)C(=O)N(c2ccccc2)S(N)(=O)=O)n1. The number of hydrogen-bond acceptors (Lipinski definition) is 8. The summed E-state index contributed by atoms with van der Waals surface area (Å²) in [6.07, 6.45) is -0.560. The van der Waals surface area contributed by atoms with Gasteiger partial charge in [-0.1, -0.05) is 18.2 Å². The summed E-state index contributed by atoms with van der Waals surface area (Å²) in [6, 6.07) is 8.93. The molecule has 154 valence electrons. The Morgan fingerprint density at radius 3 is 2.38 bits per heavy atom. The van der Waals surface area contributed by atoms with Crippen molar-refractivity contribution < 1.29 is 22.7 Å². The van der Waals surface area contributed by atoms with Crippen molar-refractivity contribution in [3.05, 3.63) is 36.2 Å². The lowest BCUT2D eigenvalue weighted by molar-refractivity contribution is 0.163. The number of benzene rings is 1. The van der Waals surface area contributed by atoms with Gasteiger partial charge in [0.2, 0.25) is 0 Å². The molecule has 12 heteroatoms. The fourth-order valence-electron chi connectivity index (χ4n) is 2.05. The maximum absolute atomic E-state index is 13.2. The van der Waals surface area contributed by atoms with E-state index < -0.39 is 22.3 Å². The first-order valence-corrected chi connectivity index (χ1v) is 9.70. The normalized spacial score (nSPS) is 11.8. The second kappa shape index (κ2) is 9.28. The summed E-state index contributed by atoms with van der Waals surface area (Å²) in [5, 5.41) is 5.30. The zero-order valence-electron chi connectivity index (χ0n) is 16.2. The van der Waals surface area contributed by atoms with Crippen LogP contribution in [-0.2, 0) is 14.9 Å². The van der Waals surface area contributed by atoms with Crippen LogP contribution in [0.2, 0.25) is 0 Å². The predicted molar refractivity (Wildman–Crippen MR) is 105 cm³/mol. The topological polar surface area (TPSA) is 141 Å². The van der Waals surface area contributed by atoms with Crippen LogP contribution in [0, 0.1) is 18.9 Å². The number of para-hydroxylation sites is 1. The van der Waals surface area contributed by atoms with E-state index in [0.717, 1.165) is 4.90 Å². The van der Waals surface area contributed by atoms with Crippen LogP contribution in [0.15, 0.2) is 30.3 Å². The number of aromatic nitrogens is 3. The smallest absolute Gasteiger partial charge is 0.358 e. The molecule has 2 aromatic rings. The van der Waals surface area contributed by atoms with Gasteiger partial charge in [0, 0.05) is 13.2 Å². The highest BCUT2D eigenvalue weighted by Crippen LogP contribution is 2.21. The Morgan fingerprint density at radius 1 is 1.17 bits per heavy atom. The molecule has 0 aliphatic carbocycles. The molecule has 1 heterocycles. The van der Waals surface area contributed by atoms with Gasteiger partial charge in [-0.15, -0.1) is 0 Å². The standard InChI is InChI=1S/C17H20N6O5S/c1-12(27-3)10-11-22(15-19-13(2)20-16(21-15)28-4)17(24)23(29(18,25)26)14-8-6-5-7-9-14/h5-9,12H,1-4H3,(H2,18,25,26). The van der Waals surface area contributed by atoms with Gasteiger partial charge < -0.3 is 9.47 Å². The molecule has 0 saturated heterocycles. The van der Waals surface area contributed by atoms with E-state index in [-0.39, 0.29) is 23.5 Å². The molecule has 2 N–H and O–H groups in total. The quantitative estimate of drug-likeness (QED) is 0.554. The van der Waals surface area contributed by atoms with E-state index in [1.807, 2.05) is 0 Å². The molecule has 2 rings (SSSR count). The predicted octanol–water partition coefficient (Wildman–Crippen LogP) is 0.821. The van der Waals surface area contributed by atoms with Crippen molar-refractivity contribution in [2.45, 2.75) is 20.0 Å². The van der Waals surface area contributed by atoms with Crippen LogP contribution in [0.5, 0.6) is 6.01 Å². The van der Waals surface area contributed by atoms with Gasteiger partial charge in [-0.3, -0.25) is 0 Å². The van der Waals surface area contributed by atoms with Crippen LogP contribution in [0.3, 0.4) is 0 Å². The monoisotopic (exact) mass is 420 g/mol. The number of methoxy groups -OCH3 is 2.